The molecule has 23 heavy (non-hydrogen) atoms. The summed E-state index contributed by atoms with van der Waals surface area (Å²) >= 11 is 0. The number of hydrogen-bond acceptors (Lipinski definition) is 4. The number of nitrogens with one attached hydrogen (secondary N) is 1. The highest BCUT2D eigenvalue weighted by molar-refractivity contribution is 5.80. The maximum atomic E-state index is 13.0. The van der Waals surface area contributed by atoms with E-state index in [0.717, 1.165) is 10.2 Å². The van der Waals surface area contributed by atoms with E-state index in [1.165, 1.54) is 24.7 Å². The second-order valence-electron chi connectivity index (χ2n) is 5.09. The molecule has 118 valence electrons. The summed E-state index contributed by atoms with van der Waals surface area (Å²) in [4.78, 5) is 0. The van der Waals surface area contributed by atoms with Crippen LogP contribution in [0.5, 0.6) is 5.88 Å². The Labute approximate surface area is 131 Å². The van der Waals surface area contributed by atoms with Crippen LogP contribution in [0.2, 0.25) is 0 Å². The fourth-order valence-corrected chi connectivity index (χ4v) is 2.39. The van der Waals surface area contributed by atoms with Gasteiger partial charge in [0.1, 0.15) is 11.5 Å². The minimum atomic E-state index is -0.375. The Balaban J connectivity index is 1.93. The van der Waals surface area contributed by atoms with Gasteiger partial charge in [-0.3, -0.25) is 5.41 Å². The molecule has 0 saturated heterocycles. The van der Waals surface area contributed by atoms with E-state index in [1.807, 2.05) is 0 Å². The van der Waals surface area contributed by atoms with E-state index in [9.17, 15) is 9.50 Å². The molecule has 1 aromatic carbocycles. The Bertz CT molecular complexity index is 823. The summed E-state index contributed by atoms with van der Waals surface area (Å²) < 4.78 is 19.0. The van der Waals surface area contributed by atoms with Crippen LogP contribution in [0.25, 0.3) is 11.3 Å². The lowest BCUT2D eigenvalue weighted by molar-refractivity contribution is 0.432. The van der Waals surface area contributed by atoms with Gasteiger partial charge in [-0.15, -0.1) is 0 Å². The molecule has 7 heteroatoms. The number of aryl methyl sites for hydroxylation is 1. The summed E-state index contributed by atoms with van der Waals surface area (Å²) in [7, 11) is 0. The molecule has 3 aromatic rings. The van der Waals surface area contributed by atoms with Crippen LogP contribution < -0.4 is 5.73 Å². The highest BCUT2D eigenvalue weighted by Gasteiger charge is 2.20. The first-order valence-corrected chi connectivity index (χ1v) is 6.98. The lowest BCUT2D eigenvalue weighted by atomic mass is 10.0. The first-order chi connectivity index (χ1) is 11.1. The first-order valence-electron chi connectivity index (χ1n) is 6.98. The largest absolute Gasteiger partial charge is 0.493 e. The molecule has 0 bridgehead atoms. The molecule has 6 nitrogen and oxygen atoms in total. The number of nitrogen functional groups attached to an aromatic ring is 1. The van der Waals surface area contributed by atoms with Crippen molar-refractivity contribution in [2.24, 2.45) is 5.73 Å². The van der Waals surface area contributed by atoms with Crippen LogP contribution in [-0.4, -0.2) is 20.8 Å². The molecule has 0 aliphatic heterocycles. The van der Waals surface area contributed by atoms with Crippen molar-refractivity contribution in [3.63, 3.8) is 0 Å². The second-order valence-corrected chi connectivity index (χ2v) is 5.09. The molecular formula is C16H15FN4O2. The van der Waals surface area contributed by atoms with Crippen LogP contribution in [0.4, 0.5) is 4.39 Å². The van der Waals surface area contributed by atoms with Crippen LogP contribution >= 0.6 is 0 Å². The van der Waals surface area contributed by atoms with E-state index in [1.54, 1.807) is 18.2 Å². The number of nitrogens with two attached hydrogens (primary N) is 1. The predicted molar refractivity (Wildman–Crippen MR) is 82.7 cm³/mol. The van der Waals surface area contributed by atoms with E-state index < -0.39 is 0 Å². The minimum absolute atomic E-state index is 0.171. The van der Waals surface area contributed by atoms with Gasteiger partial charge in [0.25, 0.3) is 0 Å². The molecule has 3 rings (SSSR count). The van der Waals surface area contributed by atoms with Gasteiger partial charge in [-0.05, 0) is 36.6 Å². The lowest BCUT2D eigenvalue weighted by Crippen LogP contribution is -2.21. The number of aromatic nitrogens is 2. The molecule has 2 aromatic heterocycles. The number of aromatic hydroxyl groups is 1. The number of hydrogen-bond donors (Lipinski definition) is 3. The zero-order valence-corrected chi connectivity index (χ0v) is 12.2. The molecule has 0 aliphatic carbocycles. The summed E-state index contributed by atoms with van der Waals surface area (Å²) in [6.45, 7) is 0. The molecule has 0 atom stereocenters. The van der Waals surface area contributed by atoms with Gasteiger partial charge in [0.05, 0.1) is 12.5 Å². The summed E-state index contributed by atoms with van der Waals surface area (Å²) in [5.74, 6) is -0.837. The van der Waals surface area contributed by atoms with Crippen LogP contribution in [0, 0.1) is 11.2 Å². The Kier molecular flexibility index (Phi) is 3.84. The van der Waals surface area contributed by atoms with Crippen LogP contribution in [-0.2, 0) is 12.8 Å². The summed E-state index contributed by atoms with van der Waals surface area (Å²) in [5, 5.41) is 21.9. The number of benzene rings is 1. The van der Waals surface area contributed by atoms with Gasteiger partial charge in [-0.1, -0.05) is 12.1 Å². The Morgan fingerprint density at radius 1 is 1.26 bits per heavy atom. The van der Waals surface area contributed by atoms with Crippen LogP contribution in [0.15, 0.2) is 47.3 Å². The highest BCUT2D eigenvalue weighted by atomic mass is 19.1. The van der Waals surface area contributed by atoms with Crippen molar-refractivity contribution >= 4 is 5.96 Å². The van der Waals surface area contributed by atoms with Gasteiger partial charge < -0.3 is 15.3 Å². The Morgan fingerprint density at radius 2 is 2.00 bits per heavy atom. The van der Waals surface area contributed by atoms with Crippen molar-refractivity contribution in [2.45, 2.75) is 12.8 Å². The maximum absolute atomic E-state index is 13.0. The molecule has 2 heterocycles. The molecule has 0 aliphatic rings. The smallest absolute Gasteiger partial charge is 0.220 e. The van der Waals surface area contributed by atoms with Gasteiger partial charge in [0, 0.05) is 11.1 Å². The van der Waals surface area contributed by atoms with Crippen LogP contribution in [0.1, 0.15) is 11.1 Å². The molecular weight excluding hydrogens is 299 g/mol. The molecule has 0 amide bonds. The molecule has 0 spiro atoms. The van der Waals surface area contributed by atoms with E-state index in [-0.39, 0.29) is 17.7 Å². The average molecular weight is 314 g/mol. The fraction of sp³-hybridized carbons (Fsp3) is 0.125. The second kappa shape index (κ2) is 5.96. The molecule has 4 N–H and O–H groups in total. The third-order valence-electron chi connectivity index (χ3n) is 3.56. The number of nitrogens with zero attached hydrogens (tertiary/aromatic N) is 2. The summed E-state index contributed by atoms with van der Waals surface area (Å²) in [6, 6.07) is 7.89. The van der Waals surface area contributed by atoms with Gasteiger partial charge >= 0.3 is 0 Å². The van der Waals surface area contributed by atoms with E-state index in [0.29, 0.717) is 29.7 Å². The van der Waals surface area contributed by atoms with Gasteiger partial charge in [-0.2, -0.15) is 9.78 Å². The number of rotatable bonds is 4. The zero-order chi connectivity index (χ0) is 16.4. The Hall–Kier alpha value is -3.09. The topological polar surface area (TPSA) is 101 Å². The lowest BCUT2D eigenvalue weighted by Gasteiger charge is -2.03. The fourth-order valence-electron chi connectivity index (χ4n) is 2.39. The van der Waals surface area contributed by atoms with Gasteiger partial charge in [0.2, 0.25) is 11.8 Å². The SMILES string of the molecule is N=C(N)n1nc(-c2ccoc2)c(CCc2ccc(F)cc2)c1O. The monoisotopic (exact) mass is 314 g/mol. The number of halogens is 1. The quantitative estimate of drug-likeness (QED) is 0.508. The van der Waals surface area contributed by atoms with E-state index >= 15 is 0 Å². The van der Waals surface area contributed by atoms with Crippen molar-refractivity contribution in [1.29, 1.82) is 5.41 Å². The van der Waals surface area contributed by atoms with Crippen molar-refractivity contribution in [2.75, 3.05) is 0 Å². The van der Waals surface area contributed by atoms with E-state index in [4.69, 9.17) is 15.6 Å². The predicted octanol–water partition coefficient (Wildman–Crippen LogP) is 2.51. The van der Waals surface area contributed by atoms with Crippen molar-refractivity contribution in [3.8, 4) is 17.1 Å². The van der Waals surface area contributed by atoms with Crippen molar-refractivity contribution < 1.29 is 13.9 Å². The standard InChI is InChI=1S/C16H15FN4O2/c17-12-4-1-10(2-5-12)3-6-13-14(11-7-8-23-9-11)20-21(15(13)22)16(18)19/h1-2,4-5,7-9,22H,3,6H2,(H3,18,19). The van der Waals surface area contributed by atoms with Gasteiger partial charge in [-0.25, -0.2) is 4.39 Å². The van der Waals surface area contributed by atoms with E-state index in [2.05, 4.69) is 5.10 Å². The van der Waals surface area contributed by atoms with Crippen molar-refractivity contribution in [3.05, 3.63) is 59.8 Å². The first kappa shape index (κ1) is 14.8. The molecule has 0 fully saturated rings. The maximum Gasteiger partial charge on any atom is 0.220 e. The molecule has 0 radical (unpaired) electrons. The number of furan rings is 1. The molecule has 0 saturated carbocycles. The average Bonchev–Trinajstić information content (AvgIpc) is 3.15. The third-order valence-corrected chi connectivity index (χ3v) is 3.56. The minimum Gasteiger partial charge on any atom is -0.493 e. The normalized spacial score (nSPS) is 10.8. The van der Waals surface area contributed by atoms with Crippen molar-refractivity contribution in [1.82, 2.24) is 9.78 Å². The zero-order valence-electron chi connectivity index (χ0n) is 12.2. The van der Waals surface area contributed by atoms with Gasteiger partial charge in [0.15, 0.2) is 0 Å². The molecule has 0 unspecified atom stereocenters. The Morgan fingerprint density at radius 3 is 2.61 bits per heavy atom. The highest BCUT2D eigenvalue weighted by Crippen LogP contribution is 2.31. The summed E-state index contributed by atoms with van der Waals surface area (Å²) in [5.41, 5.74) is 8.12. The van der Waals surface area contributed by atoms with Crippen LogP contribution in [0.3, 0.4) is 0 Å². The summed E-state index contributed by atoms with van der Waals surface area (Å²) in [6.07, 6.45) is 4.06. The third kappa shape index (κ3) is 2.94.